The van der Waals surface area contributed by atoms with Crippen LogP contribution in [0.25, 0.3) is 0 Å². The summed E-state index contributed by atoms with van der Waals surface area (Å²) in [6.07, 6.45) is 2.02. The van der Waals surface area contributed by atoms with Crippen LogP contribution in [0, 0.1) is 0 Å². The molecule has 1 fully saturated rings. The Balaban J connectivity index is 1.25. The van der Waals surface area contributed by atoms with Crippen LogP contribution in [0.2, 0.25) is 0 Å². The van der Waals surface area contributed by atoms with E-state index in [2.05, 4.69) is 70.5 Å². The van der Waals surface area contributed by atoms with E-state index in [0.29, 0.717) is 0 Å². The van der Waals surface area contributed by atoms with Gasteiger partial charge >= 0.3 is 0 Å². The van der Waals surface area contributed by atoms with Crippen molar-refractivity contribution in [1.82, 2.24) is 4.90 Å². The minimum absolute atomic E-state index is 0.318. The van der Waals surface area contributed by atoms with Gasteiger partial charge < -0.3 is 14.4 Å². The van der Waals surface area contributed by atoms with Gasteiger partial charge in [0.2, 0.25) is 0 Å². The van der Waals surface area contributed by atoms with Crippen molar-refractivity contribution >= 4 is 17.3 Å². The average Bonchev–Trinajstić information content (AvgIpc) is 3.17. The zero-order chi connectivity index (χ0) is 22.7. The monoisotopic (exact) mass is 462 g/mol. The molecule has 0 N–H and O–H groups in total. The first kappa shape index (κ1) is 22.1. The van der Waals surface area contributed by atoms with Gasteiger partial charge in [-0.05, 0) is 43.1 Å². The minimum atomic E-state index is -0.401. The molecular formula is C28H31ClN2O2. The Hall–Kier alpha value is -2.69. The number of benzene rings is 3. The van der Waals surface area contributed by atoms with Crippen LogP contribution in [-0.4, -0.2) is 50.3 Å². The highest BCUT2D eigenvalue weighted by atomic mass is 35.5. The number of rotatable bonds is 7. The molecule has 0 saturated carbocycles. The molecule has 2 aliphatic rings. The Morgan fingerprint density at radius 1 is 0.939 bits per heavy atom. The summed E-state index contributed by atoms with van der Waals surface area (Å²) in [6, 6.07) is 27.3. The molecule has 3 aromatic rings. The zero-order valence-corrected chi connectivity index (χ0v) is 19.9. The van der Waals surface area contributed by atoms with Crippen molar-refractivity contribution in [2.45, 2.75) is 23.8 Å². The SMILES string of the molecule is COc1cccc(N2CCN(CCCC3(c4ccccc4)c4ccccc4OC3Cl)CC2)c1. The Bertz CT molecular complexity index is 1070. The van der Waals surface area contributed by atoms with E-state index in [1.807, 2.05) is 18.2 Å². The van der Waals surface area contributed by atoms with E-state index < -0.39 is 5.56 Å². The lowest BCUT2D eigenvalue weighted by Crippen LogP contribution is -2.47. The molecule has 0 spiro atoms. The van der Waals surface area contributed by atoms with Gasteiger partial charge in [0.1, 0.15) is 11.5 Å². The van der Waals surface area contributed by atoms with Crippen LogP contribution in [0.4, 0.5) is 5.69 Å². The maximum Gasteiger partial charge on any atom is 0.185 e. The van der Waals surface area contributed by atoms with E-state index >= 15 is 0 Å². The Kier molecular flexibility index (Phi) is 6.48. The molecule has 0 bridgehead atoms. The highest BCUT2D eigenvalue weighted by molar-refractivity contribution is 6.21. The number of fused-ring (bicyclic) bond motifs is 1. The van der Waals surface area contributed by atoms with Crippen molar-refractivity contribution in [2.24, 2.45) is 0 Å². The predicted molar refractivity (Wildman–Crippen MR) is 135 cm³/mol. The van der Waals surface area contributed by atoms with E-state index in [4.69, 9.17) is 21.1 Å². The van der Waals surface area contributed by atoms with Gasteiger partial charge in [0, 0.05) is 43.5 Å². The van der Waals surface area contributed by atoms with E-state index in [1.54, 1.807) is 7.11 Å². The van der Waals surface area contributed by atoms with E-state index in [1.165, 1.54) is 16.8 Å². The highest BCUT2D eigenvalue weighted by Gasteiger charge is 2.49. The minimum Gasteiger partial charge on any atom is -0.497 e. The number of para-hydroxylation sites is 1. The molecule has 0 aliphatic carbocycles. The lowest BCUT2D eigenvalue weighted by Gasteiger charge is -2.37. The fourth-order valence-corrected chi connectivity index (χ4v) is 5.75. The molecule has 3 aromatic carbocycles. The van der Waals surface area contributed by atoms with E-state index in [0.717, 1.165) is 57.1 Å². The molecule has 0 amide bonds. The lowest BCUT2D eigenvalue weighted by molar-refractivity contribution is 0.215. The quantitative estimate of drug-likeness (QED) is 0.430. The number of nitrogens with zero attached hydrogens (tertiary/aromatic N) is 2. The van der Waals surface area contributed by atoms with Gasteiger partial charge in [0.25, 0.3) is 0 Å². The number of methoxy groups -OCH3 is 1. The van der Waals surface area contributed by atoms with E-state index in [9.17, 15) is 0 Å². The lowest BCUT2D eigenvalue weighted by atomic mass is 9.72. The van der Waals surface area contributed by atoms with Gasteiger partial charge in [-0.15, -0.1) is 0 Å². The third-order valence-electron chi connectivity index (χ3n) is 7.11. The van der Waals surface area contributed by atoms with Crippen LogP contribution in [0.15, 0.2) is 78.9 Å². The highest BCUT2D eigenvalue weighted by Crippen LogP contribution is 2.51. The van der Waals surface area contributed by atoms with Gasteiger partial charge in [0.05, 0.1) is 12.5 Å². The number of piperazine rings is 1. The number of ether oxygens (including phenoxy) is 2. The number of hydrogen-bond donors (Lipinski definition) is 0. The van der Waals surface area contributed by atoms with Crippen molar-refractivity contribution in [3.8, 4) is 11.5 Å². The summed E-state index contributed by atoms with van der Waals surface area (Å²) in [6.45, 7) is 5.24. The maximum absolute atomic E-state index is 6.92. The summed E-state index contributed by atoms with van der Waals surface area (Å²) in [4.78, 5) is 5.01. The summed E-state index contributed by atoms with van der Waals surface area (Å²) in [5.74, 6) is 1.82. The fourth-order valence-electron chi connectivity index (χ4n) is 5.31. The third-order valence-corrected chi connectivity index (χ3v) is 7.57. The smallest absolute Gasteiger partial charge is 0.185 e. The largest absolute Gasteiger partial charge is 0.497 e. The molecule has 2 heterocycles. The van der Waals surface area contributed by atoms with Crippen molar-refractivity contribution in [3.05, 3.63) is 90.0 Å². The second-order valence-corrected chi connectivity index (χ2v) is 9.30. The molecular weight excluding hydrogens is 432 g/mol. The van der Waals surface area contributed by atoms with Crippen LogP contribution in [0.1, 0.15) is 24.0 Å². The van der Waals surface area contributed by atoms with Crippen molar-refractivity contribution in [3.63, 3.8) is 0 Å². The average molecular weight is 463 g/mol. The molecule has 5 rings (SSSR count). The molecule has 33 heavy (non-hydrogen) atoms. The van der Waals surface area contributed by atoms with Crippen LogP contribution >= 0.6 is 11.6 Å². The molecule has 4 nitrogen and oxygen atoms in total. The summed E-state index contributed by atoms with van der Waals surface area (Å²) in [5.41, 5.74) is 2.96. The summed E-state index contributed by atoms with van der Waals surface area (Å²) in [7, 11) is 1.72. The number of anilines is 1. The fraction of sp³-hybridized carbons (Fsp3) is 0.357. The van der Waals surface area contributed by atoms with Crippen LogP contribution in [0.5, 0.6) is 11.5 Å². The first-order chi connectivity index (χ1) is 16.2. The van der Waals surface area contributed by atoms with Crippen molar-refractivity contribution in [2.75, 3.05) is 44.7 Å². The summed E-state index contributed by atoms with van der Waals surface area (Å²) >= 11 is 6.92. The molecule has 0 aromatic heterocycles. The number of halogens is 1. The molecule has 2 aliphatic heterocycles. The Labute approximate surface area is 201 Å². The van der Waals surface area contributed by atoms with Crippen LogP contribution < -0.4 is 14.4 Å². The third kappa shape index (κ3) is 4.30. The van der Waals surface area contributed by atoms with Gasteiger partial charge in [-0.3, -0.25) is 4.90 Å². The second-order valence-electron chi connectivity index (χ2n) is 8.90. The van der Waals surface area contributed by atoms with Gasteiger partial charge in [-0.1, -0.05) is 66.2 Å². The maximum atomic E-state index is 6.92. The second kappa shape index (κ2) is 9.66. The normalized spacial score (nSPS) is 22.6. The van der Waals surface area contributed by atoms with Crippen molar-refractivity contribution < 1.29 is 9.47 Å². The Morgan fingerprint density at radius 2 is 1.70 bits per heavy atom. The Morgan fingerprint density at radius 3 is 2.48 bits per heavy atom. The molecule has 5 heteroatoms. The number of alkyl halides is 1. The molecule has 0 radical (unpaired) electrons. The van der Waals surface area contributed by atoms with Crippen LogP contribution in [-0.2, 0) is 5.41 Å². The first-order valence-corrected chi connectivity index (χ1v) is 12.2. The van der Waals surface area contributed by atoms with Crippen LogP contribution in [0.3, 0.4) is 0 Å². The molecule has 1 saturated heterocycles. The first-order valence-electron chi connectivity index (χ1n) is 11.8. The standard InChI is InChI=1S/C28H31ClN2O2/c1-32-24-12-7-11-23(21-24)31-19-17-30(18-20-31)16-8-15-28(22-9-3-2-4-10-22)25-13-5-6-14-26(25)33-27(28)29/h2-7,9-14,21,27H,8,15-20H2,1H3. The van der Waals surface area contributed by atoms with E-state index in [-0.39, 0.29) is 5.41 Å². The topological polar surface area (TPSA) is 24.9 Å². The van der Waals surface area contributed by atoms with Gasteiger partial charge in [0.15, 0.2) is 5.56 Å². The number of hydrogen-bond acceptors (Lipinski definition) is 4. The molecule has 2 atom stereocenters. The summed E-state index contributed by atoms with van der Waals surface area (Å²) in [5, 5.41) is 0. The summed E-state index contributed by atoms with van der Waals surface area (Å²) < 4.78 is 11.5. The van der Waals surface area contributed by atoms with Gasteiger partial charge in [-0.25, -0.2) is 0 Å². The molecule has 2 unspecified atom stereocenters. The zero-order valence-electron chi connectivity index (χ0n) is 19.1. The van der Waals surface area contributed by atoms with Gasteiger partial charge in [-0.2, -0.15) is 0 Å². The van der Waals surface area contributed by atoms with Crippen molar-refractivity contribution in [1.29, 1.82) is 0 Å². The predicted octanol–water partition coefficient (Wildman–Crippen LogP) is 5.54. The molecule has 172 valence electrons.